The monoisotopic (exact) mass is 290 g/mol. The van der Waals surface area contributed by atoms with E-state index in [-0.39, 0.29) is 5.84 Å². The molecule has 0 amide bonds. The van der Waals surface area contributed by atoms with E-state index in [4.69, 9.17) is 32.2 Å². The molecule has 0 aromatic heterocycles. The number of nitrogens with two attached hydrogens (primary N) is 1. The zero-order valence-electron chi connectivity index (χ0n) is 11.0. The third kappa shape index (κ3) is 3.42. The molecule has 0 aliphatic carbocycles. The maximum atomic E-state index is 7.37. The maximum Gasteiger partial charge on any atom is 0.124 e. The summed E-state index contributed by atoms with van der Waals surface area (Å²) in [5, 5.41) is 7.77. The molecule has 0 radical (unpaired) electrons. The second kappa shape index (κ2) is 6.30. The average molecular weight is 291 g/mol. The Morgan fingerprint density at radius 3 is 2.65 bits per heavy atom. The molecule has 3 N–H and O–H groups in total. The molecule has 20 heavy (non-hydrogen) atoms. The van der Waals surface area contributed by atoms with Crippen molar-refractivity contribution in [2.75, 3.05) is 7.11 Å². The van der Waals surface area contributed by atoms with Crippen molar-refractivity contribution in [3.8, 4) is 11.5 Å². The van der Waals surface area contributed by atoms with Crippen molar-refractivity contribution in [3.63, 3.8) is 0 Å². The molecule has 5 heteroatoms. The van der Waals surface area contributed by atoms with Crippen molar-refractivity contribution in [2.24, 2.45) is 5.73 Å². The highest BCUT2D eigenvalue weighted by Gasteiger charge is 2.05. The predicted molar refractivity (Wildman–Crippen MR) is 79.8 cm³/mol. The number of ether oxygens (including phenoxy) is 2. The van der Waals surface area contributed by atoms with Gasteiger partial charge in [0.15, 0.2) is 0 Å². The van der Waals surface area contributed by atoms with Gasteiger partial charge in [-0.25, -0.2) is 0 Å². The highest BCUT2D eigenvalue weighted by atomic mass is 35.5. The van der Waals surface area contributed by atoms with Gasteiger partial charge in [0.25, 0.3) is 0 Å². The van der Waals surface area contributed by atoms with Gasteiger partial charge in [-0.05, 0) is 35.9 Å². The van der Waals surface area contributed by atoms with Gasteiger partial charge in [0.05, 0.1) is 12.1 Å². The average Bonchev–Trinajstić information content (AvgIpc) is 2.45. The summed E-state index contributed by atoms with van der Waals surface area (Å²) >= 11 is 6.03. The summed E-state index contributed by atoms with van der Waals surface area (Å²) in [5.74, 6) is 1.35. The topological polar surface area (TPSA) is 68.3 Å². The maximum absolute atomic E-state index is 7.37. The number of methoxy groups -OCH3 is 1. The van der Waals surface area contributed by atoms with E-state index >= 15 is 0 Å². The van der Waals surface area contributed by atoms with Gasteiger partial charge < -0.3 is 15.2 Å². The summed E-state index contributed by atoms with van der Waals surface area (Å²) < 4.78 is 10.8. The number of nitrogen functional groups attached to an aromatic ring is 1. The van der Waals surface area contributed by atoms with Crippen LogP contribution in [0.4, 0.5) is 0 Å². The Bertz CT molecular complexity index is 629. The van der Waals surface area contributed by atoms with Crippen LogP contribution in [0.25, 0.3) is 0 Å². The Hall–Kier alpha value is -2.20. The fraction of sp³-hybridized carbons (Fsp3) is 0.133. The first kappa shape index (κ1) is 14.2. The van der Waals surface area contributed by atoms with Crippen LogP contribution in [0, 0.1) is 5.41 Å². The lowest BCUT2D eigenvalue weighted by molar-refractivity contribution is 0.305. The molecule has 0 fully saturated rings. The summed E-state index contributed by atoms with van der Waals surface area (Å²) in [6.45, 7) is 0.410. The molecule has 0 heterocycles. The lowest BCUT2D eigenvalue weighted by Crippen LogP contribution is -2.11. The van der Waals surface area contributed by atoms with Gasteiger partial charge in [-0.1, -0.05) is 23.7 Å². The number of hydrogen-bond donors (Lipinski definition) is 2. The SMILES string of the molecule is COc1cccc(COc2ccc(C(=N)N)c(Cl)c2)c1. The third-order valence-electron chi connectivity index (χ3n) is 2.77. The lowest BCUT2D eigenvalue weighted by Gasteiger charge is -2.09. The van der Waals surface area contributed by atoms with E-state index in [0.717, 1.165) is 11.3 Å². The van der Waals surface area contributed by atoms with Crippen LogP contribution in [0.15, 0.2) is 42.5 Å². The molecule has 4 nitrogen and oxygen atoms in total. The first-order valence-corrected chi connectivity index (χ1v) is 6.37. The van der Waals surface area contributed by atoms with E-state index in [2.05, 4.69) is 0 Å². The van der Waals surface area contributed by atoms with Gasteiger partial charge in [0.2, 0.25) is 0 Å². The summed E-state index contributed by atoms with van der Waals surface area (Å²) in [5.41, 5.74) is 6.90. The molecule has 2 rings (SSSR count). The van der Waals surface area contributed by atoms with Crippen LogP contribution in [0.1, 0.15) is 11.1 Å². The second-order valence-electron chi connectivity index (χ2n) is 4.20. The van der Waals surface area contributed by atoms with E-state index < -0.39 is 0 Å². The van der Waals surface area contributed by atoms with E-state index in [9.17, 15) is 0 Å². The molecular weight excluding hydrogens is 276 g/mol. The highest BCUT2D eigenvalue weighted by Crippen LogP contribution is 2.23. The lowest BCUT2D eigenvalue weighted by atomic mass is 10.2. The van der Waals surface area contributed by atoms with Crippen LogP contribution in [0.3, 0.4) is 0 Å². The molecule has 0 saturated carbocycles. The number of halogens is 1. The first-order chi connectivity index (χ1) is 9.60. The molecule has 0 aliphatic heterocycles. The van der Waals surface area contributed by atoms with Crippen molar-refractivity contribution < 1.29 is 9.47 Å². The Morgan fingerprint density at radius 1 is 1.20 bits per heavy atom. The van der Waals surface area contributed by atoms with Gasteiger partial charge in [-0.3, -0.25) is 5.41 Å². The number of rotatable bonds is 5. The Kier molecular flexibility index (Phi) is 4.48. The van der Waals surface area contributed by atoms with E-state index in [1.807, 2.05) is 24.3 Å². The van der Waals surface area contributed by atoms with Crippen LogP contribution in [0.5, 0.6) is 11.5 Å². The summed E-state index contributed by atoms with van der Waals surface area (Å²) in [4.78, 5) is 0. The molecule has 2 aromatic carbocycles. The van der Waals surface area contributed by atoms with Gasteiger partial charge in [-0.15, -0.1) is 0 Å². The highest BCUT2D eigenvalue weighted by molar-refractivity contribution is 6.34. The molecular formula is C15H15ClN2O2. The van der Waals surface area contributed by atoms with Crippen molar-refractivity contribution in [1.82, 2.24) is 0 Å². The smallest absolute Gasteiger partial charge is 0.124 e. The second-order valence-corrected chi connectivity index (χ2v) is 4.60. The van der Waals surface area contributed by atoms with Crippen molar-refractivity contribution in [1.29, 1.82) is 5.41 Å². The van der Waals surface area contributed by atoms with Crippen molar-refractivity contribution in [2.45, 2.75) is 6.61 Å². The molecule has 0 aliphatic rings. The Labute approximate surface area is 122 Å². The molecule has 0 unspecified atom stereocenters. The molecule has 0 bridgehead atoms. The zero-order chi connectivity index (χ0) is 14.5. The Balaban J connectivity index is 2.07. The molecule has 0 spiro atoms. The summed E-state index contributed by atoms with van der Waals surface area (Å²) in [6.07, 6.45) is 0. The first-order valence-electron chi connectivity index (χ1n) is 6.00. The zero-order valence-corrected chi connectivity index (χ0v) is 11.8. The third-order valence-corrected chi connectivity index (χ3v) is 3.08. The van der Waals surface area contributed by atoms with Crippen LogP contribution in [0.2, 0.25) is 5.02 Å². The van der Waals surface area contributed by atoms with Crippen LogP contribution in [-0.4, -0.2) is 12.9 Å². The van der Waals surface area contributed by atoms with Crippen molar-refractivity contribution in [3.05, 3.63) is 58.6 Å². The molecule has 0 saturated heterocycles. The summed E-state index contributed by atoms with van der Waals surface area (Å²) in [7, 11) is 1.63. The number of hydrogen-bond acceptors (Lipinski definition) is 3. The standard InChI is InChI=1S/C15H15ClN2O2/c1-19-11-4-2-3-10(7-11)9-20-12-5-6-13(15(17)18)14(16)8-12/h2-8H,9H2,1H3,(H3,17,18). The minimum Gasteiger partial charge on any atom is -0.497 e. The van der Waals surface area contributed by atoms with Gasteiger partial charge >= 0.3 is 0 Å². The predicted octanol–water partition coefficient (Wildman–Crippen LogP) is 3.21. The fourth-order valence-electron chi connectivity index (χ4n) is 1.73. The van der Waals surface area contributed by atoms with Gasteiger partial charge in [-0.2, -0.15) is 0 Å². The largest absolute Gasteiger partial charge is 0.497 e. The minimum atomic E-state index is -0.0608. The minimum absolute atomic E-state index is 0.0608. The van der Waals surface area contributed by atoms with Crippen molar-refractivity contribution >= 4 is 17.4 Å². The van der Waals surface area contributed by atoms with Crippen LogP contribution in [-0.2, 0) is 6.61 Å². The number of amidine groups is 1. The number of benzene rings is 2. The fourth-order valence-corrected chi connectivity index (χ4v) is 2.01. The quantitative estimate of drug-likeness (QED) is 0.656. The van der Waals surface area contributed by atoms with E-state index in [1.54, 1.807) is 25.3 Å². The summed E-state index contributed by atoms with van der Waals surface area (Å²) in [6, 6.07) is 12.7. The normalized spacial score (nSPS) is 10.1. The van der Waals surface area contributed by atoms with E-state index in [1.165, 1.54) is 0 Å². The van der Waals surface area contributed by atoms with Gasteiger partial charge in [0, 0.05) is 5.56 Å². The van der Waals surface area contributed by atoms with Crippen LogP contribution >= 0.6 is 11.6 Å². The molecule has 104 valence electrons. The molecule has 2 aromatic rings. The number of nitrogens with one attached hydrogen (secondary N) is 1. The van der Waals surface area contributed by atoms with Gasteiger partial charge in [0.1, 0.15) is 23.9 Å². The van der Waals surface area contributed by atoms with E-state index in [0.29, 0.717) is 22.9 Å². The molecule has 0 atom stereocenters. The van der Waals surface area contributed by atoms with Crippen LogP contribution < -0.4 is 15.2 Å². The Morgan fingerprint density at radius 2 is 2.00 bits per heavy atom.